The van der Waals surface area contributed by atoms with Crippen molar-refractivity contribution >= 4 is 16.4 Å². The van der Waals surface area contributed by atoms with Crippen LogP contribution < -0.4 is 18.9 Å². The van der Waals surface area contributed by atoms with Gasteiger partial charge in [-0.15, -0.1) is 24.9 Å². The van der Waals surface area contributed by atoms with Crippen molar-refractivity contribution in [3.8, 4) is 21.2 Å². The summed E-state index contributed by atoms with van der Waals surface area (Å²) in [6.45, 7) is 24.4. The fraction of sp³-hybridized carbons (Fsp3) is 0.385. The third-order valence-corrected chi connectivity index (χ3v) is 7.50. The first-order chi connectivity index (χ1) is 13.2. The fourth-order valence-corrected chi connectivity index (χ4v) is 7.00. The molecule has 0 bridgehead atoms. The van der Waals surface area contributed by atoms with E-state index in [9.17, 15) is 0 Å². The summed E-state index contributed by atoms with van der Waals surface area (Å²) in [6, 6.07) is 9.26. The van der Waals surface area contributed by atoms with Crippen LogP contribution in [0.2, 0.25) is 0 Å². The Morgan fingerprint density at radius 3 is 1.40 bits per heavy atom. The van der Waals surface area contributed by atoms with Gasteiger partial charge in [0.25, 0.3) is 0 Å². The number of hydrogen-bond donors (Lipinski definition) is 0. The number of benzene rings is 2. The van der Waals surface area contributed by atoms with Crippen LogP contribution in [0.1, 0.15) is 60.1 Å². The van der Waals surface area contributed by atoms with Crippen molar-refractivity contribution in [1.29, 1.82) is 0 Å². The van der Waals surface area contributed by atoms with E-state index in [1.165, 1.54) is 52.7 Å². The predicted octanol–water partition coefficient (Wildman–Crippen LogP) is 6.66. The van der Waals surface area contributed by atoms with Gasteiger partial charge in [-0.25, -0.2) is 0 Å². The molecule has 0 radical (unpaired) electrons. The largest absolute Gasteiger partial charge is 2.00 e. The van der Waals surface area contributed by atoms with Crippen molar-refractivity contribution < 1.29 is 35.4 Å². The molecule has 0 saturated heterocycles. The monoisotopic (exact) mass is 476 g/mol. The van der Waals surface area contributed by atoms with Gasteiger partial charge >= 0.3 is 35.4 Å². The van der Waals surface area contributed by atoms with Crippen molar-refractivity contribution in [2.75, 3.05) is 0 Å². The van der Waals surface area contributed by atoms with Gasteiger partial charge in [0.1, 0.15) is 0 Å². The van der Waals surface area contributed by atoms with E-state index >= 15 is 0 Å². The molecule has 0 spiro atoms. The molecule has 1 heterocycles. The first-order valence-corrected chi connectivity index (χ1v) is 12.1. The second-order valence-corrected chi connectivity index (χ2v) is 10.7. The van der Waals surface area contributed by atoms with Crippen LogP contribution in [-0.4, -0.2) is 0 Å². The van der Waals surface area contributed by atoms with E-state index in [0.29, 0.717) is 0 Å². The average molecular weight is 477 g/mol. The second-order valence-electron chi connectivity index (χ2n) is 7.48. The third-order valence-electron chi connectivity index (χ3n) is 4.29. The summed E-state index contributed by atoms with van der Waals surface area (Å²) in [7, 11) is 2.30. The predicted molar refractivity (Wildman–Crippen MR) is 135 cm³/mol. The normalized spacial score (nSPS) is 9.93. The van der Waals surface area contributed by atoms with E-state index in [0.717, 1.165) is 21.0 Å². The minimum atomic E-state index is 0. The molecule has 2 aromatic carbocycles. The van der Waals surface area contributed by atoms with Gasteiger partial charge < -0.3 is 13.8 Å². The van der Waals surface area contributed by atoms with Crippen molar-refractivity contribution in [2.45, 2.75) is 68.2 Å². The van der Waals surface area contributed by atoms with Crippen LogP contribution in [-0.2, 0) is 16.5 Å². The van der Waals surface area contributed by atoms with E-state index in [1.807, 2.05) is 13.8 Å². The molecule has 1 aromatic heterocycles. The SMILES string of the molecule is Cc1cc(C)c(-c2p[c-](-c3c(C)cc(C)cc3C)[pH]2)c(C)c1.[CH2-]CC.[CH2-]CC.[Li+].[Ni+2]. The van der Waals surface area contributed by atoms with E-state index < -0.39 is 0 Å². The second kappa shape index (κ2) is 15.6. The number of hydrogen-bond acceptors (Lipinski definition) is 0. The topological polar surface area (TPSA) is 0 Å². The van der Waals surface area contributed by atoms with E-state index in [4.69, 9.17) is 0 Å². The fourth-order valence-electron chi connectivity index (χ4n) is 3.57. The zero-order chi connectivity index (χ0) is 21.4. The molecule has 0 unspecified atom stereocenters. The number of rotatable bonds is 2. The Morgan fingerprint density at radius 1 is 0.767 bits per heavy atom. The van der Waals surface area contributed by atoms with Crippen LogP contribution in [0.4, 0.5) is 0 Å². The van der Waals surface area contributed by atoms with Crippen molar-refractivity contribution in [3.63, 3.8) is 0 Å². The van der Waals surface area contributed by atoms with Gasteiger partial charge in [-0.1, -0.05) is 68.1 Å². The van der Waals surface area contributed by atoms with Gasteiger partial charge in [0.2, 0.25) is 0 Å². The molecule has 4 heteroatoms. The zero-order valence-corrected chi connectivity index (χ0v) is 23.3. The summed E-state index contributed by atoms with van der Waals surface area (Å²) < 4.78 is 0. The summed E-state index contributed by atoms with van der Waals surface area (Å²) in [5.74, 6) is 0. The van der Waals surface area contributed by atoms with E-state index in [1.54, 1.807) is 10.1 Å². The summed E-state index contributed by atoms with van der Waals surface area (Å²) >= 11 is 0. The van der Waals surface area contributed by atoms with Crippen LogP contribution in [0, 0.1) is 55.4 Å². The van der Waals surface area contributed by atoms with E-state index in [2.05, 4.69) is 79.7 Å². The van der Waals surface area contributed by atoms with Crippen molar-refractivity contribution in [1.82, 2.24) is 0 Å². The molecule has 162 valence electrons. The molecule has 0 nitrogen and oxygen atoms in total. The maximum Gasteiger partial charge on any atom is 2.00 e. The Kier molecular flexibility index (Phi) is 16.7. The quantitative estimate of drug-likeness (QED) is 0.286. The first-order valence-electron chi connectivity index (χ1n) is 10.2. The minimum absolute atomic E-state index is 0. The van der Waals surface area contributed by atoms with Crippen LogP contribution in [0.15, 0.2) is 24.3 Å². The van der Waals surface area contributed by atoms with Gasteiger partial charge in [-0.2, -0.15) is 21.0 Å². The summed E-state index contributed by atoms with van der Waals surface area (Å²) in [5, 5.41) is 3.23. The van der Waals surface area contributed by atoms with E-state index in [-0.39, 0.29) is 35.4 Å². The van der Waals surface area contributed by atoms with Gasteiger partial charge in [-0.3, -0.25) is 0 Å². The van der Waals surface area contributed by atoms with Crippen molar-refractivity contribution in [3.05, 3.63) is 71.5 Å². The molecular formula is C26H37LiNiP2. The molecule has 0 amide bonds. The van der Waals surface area contributed by atoms with Gasteiger partial charge in [0.05, 0.1) is 0 Å². The molecule has 0 atom stereocenters. The molecule has 3 aromatic rings. The molecule has 0 saturated carbocycles. The Labute approximate surface area is 211 Å². The van der Waals surface area contributed by atoms with Gasteiger partial charge in [0, 0.05) is 0 Å². The summed E-state index contributed by atoms with van der Waals surface area (Å²) in [6.07, 6.45) is 2.00. The van der Waals surface area contributed by atoms with Crippen LogP contribution in [0.25, 0.3) is 21.2 Å². The van der Waals surface area contributed by atoms with Crippen molar-refractivity contribution in [2.24, 2.45) is 0 Å². The molecule has 0 aliphatic heterocycles. The smallest absolute Gasteiger partial charge is 0.344 e. The van der Waals surface area contributed by atoms with Gasteiger partial charge in [-0.05, 0) is 49.4 Å². The van der Waals surface area contributed by atoms with Crippen LogP contribution in [0.3, 0.4) is 0 Å². The first kappa shape index (κ1) is 32.1. The Bertz CT molecular complexity index is 763. The molecule has 0 aliphatic carbocycles. The van der Waals surface area contributed by atoms with Gasteiger partial charge in [0.15, 0.2) is 0 Å². The molecule has 3 rings (SSSR count). The standard InChI is InChI=1S/C20H23P2.2C3H7.Li.Ni/c1-11-7-13(3)17(14(4)8-11)19-21-20(22-19)18-15(5)9-12(2)10-16(18)6;2*1-3-2;;/h7-10,21H,1-6H3;2*1,3H2,2H3;;/q3*-1;+1;+2. The molecule has 0 N–H and O–H groups in total. The molecular weight excluding hydrogens is 440 g/mol. The van der Waals surface area contributed by atoms with Crippen LogP contribution >= 0.6 is 16.4 Å². The third kappa shape index (κ3) is 8.78. The summed E-state index contributed by atoms with van der Waals surface area (Å²) in [5.41, 5.74) is 11.5. The maximum atomic E-state index is 3.49. The molecule has 30 heavy (non-hydrogen) atoms. The Balaban J connectivity index is 0. The minimum Gasteiger partial charge on any atom is -0.344 e. The maximum absolute atomic E-state index is 3.49. The number of aryl methyl sites for hydroxylation is 6. The van der Waals surface area contributed by atoms with Crippen LogP contribution in [0.5, 0.6) is 0 Å². The average Bonchev–Trinajstić information content (AvgIpc) is 2.51. The Morgan fingerprint density at radius 2 is 1.07 bits per heavy atom. The Hall–Kier alpha value is -0.129. The summed E-state index contributed by atoms with van der Waals surface area (Å²) in [4.78, 5) is 0. The molecule has 0 aliphatic rings. The zero-order valence-electron chi connectivity index (χ0n) is 20.4. The molecule has 0 fully saturated rings.